The highest BCUT2D eigenvalue weighted by Gasteiger charge is 2.11. The molecule has 28 heavy (non-hydrogen) atoms. The number of hydrogen-bond donors (Lipinski definition) is 1. The van der Waals surface area contributed by atoms with E-state index >= 15 is 0 Å². The van der Waals surface area contributed by atoms with Crippen LogP contribution in [-0.4, -0.2) is 41.8 Å². The van der Waals surface area contributed by atoms with Crippen LogP contribution in [0, 0.1) is 0 Å². The van der Waals surface area contributed by atoms with Crippen LogP contribution in [0.25, 0.3) is 11.5 Å². The van der Waals surface area contributed by atoms with Gasteiger partial charge in [0.15, 0.2) is 11.5 Å². The molecular weight excluding hydrogens is 360 g/mol. The van der Waals surface area contributed by atoms with Gasteiger partial charge in [0, 0.05) is 25.6 Å². The van der Waals surface area contributed by atoms with Gasteiger partial charge in [-0.2, -0.15) is 4.98 Å². The van der Waals surface area contributed by atoms with Crippen LogP contribution in [0.5, 0.6) is 11.5 Å². The molecule has 0 saturated carbocycles. The Morgan fingerprint density at radius 3 is 2.71 bits per heavy atom. The average Bonchev–Trinajstić information content (AvgIpc) is 3.22. The molecule has 0 unspecified atom stereocenters. The van der Waals surface area contributed by atoms with E-state index in [-0.39, 0.29) is 12.3 Å². The summed E-state index contributed by atoms with van der Waals surface area (Å²) in [4.78, 5) is 20.5. The number of aryl methyl sites for hydroxylation is 1. The Morgan fingerprint density at radius 1 is 1.11 bits per heavy atom. The van der Waals surface area contributed by atoms with E-state index in [0.29, 0.717) is 48.3 Å². The average molecular weight is 382 g/mol. The highest BCUT2D eigenvalue weighted by Crippen LogP contribution is 2.27. The summed E-state index contributed by atoms with van der Waals surface area (Å²) in [5.74, 6) is 2.12. The van der Waals surface area contributed by atoms with Crippen molar-refractivity contribution in [1.29, 1.82) is 0 Å². The Bertz CT molecular complexity index is 912. The van der Waals surface area contributed by atoms with Crippen molar-refractivity contribution in [3.8, 4) is 23.0 Å². The number of hydrogen-bond acceptors (Lipinski definition) is 7. The molecule has 8 nitrogen and oxygen atoms in total. The molecule has 0 aliphatic rings. The zero-order valence-electron chi connectivity index (χ0n) is 15.8. The molecule has 0 atom stereocenters. The molecule has 3 aromatic rings. The van der Waals surface area contributed by atoms with Crippen LogP contribution in [0.4, 0.5) is 0 Å². The summed E-state index contributed by atoms with van der Waals surface area (Å²) in [6, 6.07) is 11.2. The molecule has 0 bridgehead atoms. The van der Waals surface area contributed by atoms with Gasteiger partial charge in [0.1, 0.15) is 5.69 Å². The summed E-state index contributed by atoms with van der Waals surface area (Å²) in [7, 11) is 3.20. The van der Waals surface area contributed by atoms with E-state index in [1.165, 1.54) is 0 Å². The lowest BCUT2D eigenvalue weighted by Gasteiger charge is -2.10. The Hall–Kier alpha value is -3.42. The van der Waals surface area contributed by atoms with Crippen molar-refractivity contribution in [2.24, 2.45) is 0 Å². The summed E-state index contributed by atoms with van der Waals surface area (Å²) in [6.07, 6.45) is 3.01. The van der Waals surface area contributed by atoms with Crippen LogP contribution in [0.2, 0.25) is 0 Å². The number of nitrogens with zero attached hydrogens (tertiary/aromatic N) is 3. The SMILES string of the molecule is COc1ccc(CCNC(=O)CCc2nc(-c3ccccn3)no2)cc1OC. The maximum Gasteiger partial charge on any atom is 0.227 e. The van der Waals surface area contributed by atoms with Gasteiger partial charge in [-0.1, -0.05) is 17.3 Å². The maximum atomic E-state index is 12.0. The summed E-state index contributed by atoms with van der Waals surface area (Å²) < 4.78 is 15.7. The fraction of sp³-hybridized carbons (Fsp3) is 0.300. The predicted octanol–water partition coefficient (Wildman–Crippen LogP) is 2.44. The lowest BCUT2D eigenvalue weighted by atomic mass is 10.1. The highest BCUT2D eigenvalue weighted by molar-refractivity contribution is 5.76. The third kappa shape index (κ3) is 5.06. The van der Waals surface area contributed by atoms with Crippen molar-refractivity contribution in [2.75, 3.05) is 20.8 Å². The summed E-state index contributed by atoms with van der Waals surface area (Å²) in [5, 5.41) is 6.79. The standard InChI is InChI=1S/C20H22N4O4/c1-26-16-7-6-14(13-17(16)27-2)10-12-22-18(25)8-9-19-23-20(24-28-19)15-5-3-4-11-21-15/h3-7,11,13H,8-10,12H2,1-2H3,(H,22,25). The Morgan fingerprint density at radius 2 is 1.96 bits per heavy atom. The quantitative estimate of drug-likeness (QED) is 0.607. The van der Waals surface area contributed by atoms with E-state index in [0.717, 1.165) is 5.56 Å². The van der Waals surface area contributed by atoms with Crippen LogP contribution >= 0.6 is 0 Å². The smallest absolute Gasteiger partial charge is 0.227 e. The van der Waals surface area contributed by atoms with Crippen molar-refractivity contribution in [1.82, 2.24) is 20.4 Å². The van der Waals surface area contributed by atoms with Gasteiger partial charge >= 0.3 is 0 Å². The number of methoxy groups -OCH3 is 2. The molecule has 0 aliphatic carbocycles. The topological polar surface area (TPSA) is 99.4 Å². The van der Waals surface area contributed by atoms with Crippen LogP contribution in [0.1, 0.15) is 17.9 Å². The first-order valence-electron chi connectivity index (χ1n) is 8.91. The monoisotopic (exact) mass is 382 g/mol. The third-order valence-electron chi connectivity index (χ3n) is 4.11. The van der Waals surface area contributed by atoms with E-state index in [4.69, 9.17) is 14.0 Å². The zero-order chi connectivity index (χ0) is 19.8. The molecule has 2 heterocycles. The van der Waals surface area contributed by atoms with Gasteiger partial charge < -0.3 is 19.3 Å². The predicted molar refractivity (Wildman–Crippen MR) is 102 cm³/mol. The maximum absolute atomic E-state index is 12.0. The number of pyridine rings is 1. The number of carbonyl (C=O) groups is 1. The lowest BCUT2D eigenvalue weighted by Crippen LogP contribution is -2.25. The number of nitrogens with one attached hydrogen (secondary N) is 1. The van der Waals surface area contributed by atoms with Crippen LogP contribution in [-0.2, 0) is 17.6 Å². The first-order valence-corrected chi connectivity index (χ1v) is 8.91. The highest BCUT2D eigenvalue weighted by atomic mass is 16.5. The molecule has 0 aliphatic heterocycles. The first kappa shape index (κ1) is 19.3. The molecule has 0 saturated heterocycles. The molecule has 146 valence electrons. The molecule has 1 amide bonds. The van der Waals surface area contributed by atoms with Crippen LogP contribution in [0.15, 0.2) is 47.1 Å². The second-order valence-corrected chi connectivity index (χ2v) is 6.02. The van der Waals surface area contributed by atoms with E-state index in [1.807, 2.05) is 30.3 Å². The Balaban J connectivity index is 1.43. The van der Waals surface area contributed by atoms with Crippen molar-refractivity contribution in [3.63, 3.8) is 0 Å². The second kappa shape index (κ2) is 9.50. The van der Waals surface area contributed by atoms with E-state index in [9.17, 15) is 4.79 Å². The molecule has 3 rings (SSSR count). The van der Waals surface area contributed by atoms with E-state index in [2.05, 4.69) is 20.4 Å². The van der Waals surface area contributed by atoms with Crippen LogP contribution in [0.3, 0.4) is 0 Å². The lowest BCUT2D eigenvalue weighted by molar-refractivity contribution is -0.121. The van der Waals surface area contributed by atoms with E-state index in [1.54, 1.807) is 26.5 Å². The van der Waals surface area contributed by atoms with Crippen molar-refractivity contribution in [2.45, 2.75) is 19.3 Å². The summed E-state index contributed by atoms with van der Waals surface area (Å²) >= 11 is 0. The minimum absolute atomic E-state index is 0.0712. The largest absolute Gasteiger partial charge is 0.493 e. The molecule has 0 radical (unpaired) electrons. The summed E-state index contributed by atoms with van der Waals surface area (Å²) in [5.41, 5.74) is 1.69. The number of aromatic nitrogens is 3. The number of ether oxygens (including phenoxy) is 2. The number of amides is 1. The van der Waals surface area contributed by atoms with Gasteiger partial charge in [-0.05, 0) is 36.2 Å². The van der Waals surface area contributed by atoms with E-state index < -0.39 is 0 Å². The minimum atomic E-state index is -0.0712. The summed E-state index contributed by atoms with van der Waals surface area (Å²) in [6.45, 7) is 0.525. The van der Waals surface area contributed by atoms with Gasteiger partial charge in [0.05, 0.1) is 14.2 Å². The third-order valence-corrected chi connectivity index (χ3v) is 4.11. The molecule has 1 N–H and O–H groups in total. The van der Waals surface area contributed by atoms with Gasteiger partial charge in [0.25, 0.3) is 0 Å². The number of rotatable bonds is 9. The van der Waals surface area contributed by atoms with Gasteiger partial charge in [0.2, 0.25) is 17.6 Å². The Kier molecular flexibility index (Phi) is 6.56. The molecule has 1 aromatic carbocycles. The molecule has 8 heteroatoms. The van der Waals surface area contributed by atoms with Crippen molar-refractivity contribution in [3.05, 3.63) is 54.0 Å². The fourth-order valence-electron chi connectivity index (χ4n) is 2.65. The van der Waals surface area contributed by atoms with Gasteiger partial charge in [-0.25, -0.2) is 0 Å². The minimum Gasteiger partial charge on any atom is -0.493 e. The molecule has 2 aromatic heterocycles. The number of carbonyl (C=O) groups excluding carboxylic acids is 1. The fourth-order valence-corrected chi connectivity index (χ4v) is 2.65. The first-order chi connectivity index (χ1) is 13.7. The van der Waals surface area contributed by atoms with Crippen LogP contribution < -0.4 is 14.8 Å². The van der Waals surface area contributed by atoms with Crippen molar-refractivity contribution < 1.29 is 18.8 Å². The Labute approximate surface area is 162 Å². The molecule has 0 fully saturated rings. The number of benzene rings is 1. The normalized spacial score (nSPS) is 10.5. The molecule has 0 spiro atoms. The second-order valence-electron chi connectivity index (χ2n) is 6.02. The van der Waals surface area contributed by atoms with Crippen molar-refractivity contribution >= 4 is 5.91 Å². The zero-order valence-corrected chi connectivity index (χ0v) is 15.8. The van der Waals surface area contributed by atoms with Gasteiger partial charge in [-0.3, -0.25) is 9.78 Å². The molecular formula is C20H22N4O4. The van der Waals surface area contributed by atoms with Gasteiger partial charge in [-0.15, -0.1) is 0 Å².